The first-order valence-electron chi connectivity index (χ1n) is 9.43. The van der Waals surface area contributed by atoms with Crippen molar-refractivity contribution in [3.8, 4) is 0 Å². The number of hydrogen-bond donors (Lipinski definition) is 1. The molecule has 1 N–H and O–H groups in total. The van der Waals surface area contributed by atoms with E-state index in [-0.39, 0.29) is 18.1 Å². The number of carbonyl (C=O) groups is 2. The molecule has 0 aliphatic heterocycles. The largest absolute Gasteiger partial charge is 0.454 e. The van der Waals surface area contributed by atoms with E-state index in [2.05, 4.69) is 10.3 Å². The molecule has 1 aromatic heterocycles. The highest BCUT2D eigenvalue weighted by molar-refractivity contribution is 5.81. The molecule has 0 unspecified atom stereocenters. The van der Waals surface area contributed by atoms with Crippen molar-refractivity contribution in [2.24, 2.45) is 0 Å². The number of rotatable bonds is 7. The Morgan fingerprint density at radius 3 is 2.59 bits per heavy atom. The van der Waals surface area contributed by atoms with E-state index >= 15 is 0 Å². The molecule has 3 rings (SSSR count). The second-order valence-corrected chi connectivity index (χ2v) is 6.79. The van der Waals surface area contributed by atoms with Crippen LogP contribution in [0, 0.1) is 6.92 Å². The van der Waals surface area contributed by atoms with Crippen LogP contribution in [0.2, 0.25) is 0 Å². The van der Waals surface area contributed by atoms with E-state index in [0.717, 1.165) is 11.1 Å². The fraction of sp³-hybridized carbons (Fsp3) is 0.273. The third-order valence-electron chi connectivity index (χ3n) is 4.62. The van der Waals surface area contributed by atoms with Crippen molar-refractivity contribution in [3.63, 3.8) is 0 Å². The van der Waals surface area contributed by atoms with E-state index in [1.54, 1.807) is 24.3 Å². The molecule has 0 aliphatic rings. The van der Waals surface area contributed by atoms with Gasteiger partial charge in [0.2, 0.25) is 0 Å². The van der Waals surface area contributed by atoms with Gasteiger partial charge in [0.15, 0.2) is 6.61 Å². The van der Waals surface area contributed by atoms with E-state index in [0.29, 0.717) is 17.3 Å². The topological polar surface area (TPSA) is 90.3 Å². The van der Waals surface area contributed by atoms with Gasteiger partial charge in [0, 0.05) is 0 Å². The summed E-state index contributed by atoms with van der Waals surface area (Å²) in [6.07, 6.45) is 2.01. The summed E-state index contributed by atoms with van der Waals surface area (Å²) in [6.45, 7) is 3.26. The summed E-state index contributed by atoms with van der Waals surface area (Å²) in [5.74, 6) is -1.07. The van der Waals surface area contributed by atoms with Gasteiger partial charge in [-0.15, -0.1) is 0 Å². The maximum atomic E-state index is 12.4. The molecule has 0 bridgehead atoms. The number of benzene rings is 2. The highest BCUT2D eigenvalue weighted by Gasteiger charge is 2.15. The Balaban J connectivity index is 1.56. The average molecular weight is 393 g/mol. The van der Waals surface area contributed by atoms with Gasteiger partial charge in [-0.3, -0.25) is 19.0 Å². The van der Waals surface area contributed by atoms with E-state index in [1.807, 2.05) is 38.1 Å². The Labute approximate surface area is 168 Å². The van der Waals surface area contributed by atoms with Crippen molar-refractivity contribution in [3.05, 3.63) is 76.3 Å². The minimum Gasteiger partial charge on any atom is -0.454 e. The Morgan fingerprint density at radius 1 is 1.14 bits per heavy atom. The molecule has 7 heteroatoms. The number of hydrogen-bond acceptors (Lipinski definition) is 5. The van der Waals surface area contributed by atoms with Crippen molar-refractivity contribution in [1.82, 2.24) is 14.9 Å². The summed E-state index contributed by atoms with van der Waals surface area (Å²) >= 11 is 0. The highest BCUT2D eigenvalue weighted by Crippen LogP contribution is 2.17. The molecule has 0 saturated carbocycles. The first-order chi connectivity index (χ1) is 14.0. The van der Waals surface area contributed by atoms with Gasteiger partial charge < -0.3 is 10.1 Å². The van der Waals surface area contributed by atoms with Crippen molar-refractivity contribution in [1.29, 1.82) is 0 Å². The molecule has 2 aromatic carbocycles. The summed E-state index contributed by atoms with van der Waals surface area (Å²) in [5, 5.41) is 3.28. The van der Waals surface area contributed by atoms with Gasteiger partial charge in [0.25, 0.3) is 11.5 Å². The van der Waals surface area contributed by atoms with Crippen molar-refractivity contribution < 1.29 is 14.3 Å². The molecule has 0 radical (unpaired) electrons. The normalized spacial score (nSPS) is 11.8. The molecule has 0 fully saturated rings. The van der Waals surface area contributed by atoms with Gasteiger partial charge in [0.1, 0.15) is 6.54 Å². The second-order valence-electron chi connectivity index (χ2n) is 6.79. The summed E-state index contributed by atoms with van der Waals surface area (Å²) in [6, 6.07) is 14.6. The summed E-state index contributed by atoms with van der Waals surface area (Å²) in [7, 11) is 0. The fourth-order valence-electron chi connectivity index (χ4n) is 3.01. The van der Waals surface area contributed by atoms with Crippen LogP contribution in [0.1, 0.15) is 30.5 Å². The van der Waals surface area contributed by atoms with Crippen LogP contribution in [0.3, 0.4) is 0 Å². The number of carbonyl (C=O) groups excluding carboxylic acids is 2. The number of nitrogens with zero attached hydrogens (tertiary/aromatic N) is 2. The smallest absolute Gasteiger partial charge is 0.326 e. The number of para-hydroxylation sites is 1. The Hall–Kier alpha value is -3.48. The molecule has 1 amide bonds. The maximum Gasteiger partial charge on any atom is 0.326 e. The van der Waals surface area contributed by atoms with Crippen LogP contribution in [0.15, 0.2) is 59.7 Å². The molecule has 3 aromatic rings. The molecule has 1 atom stereocenters. The number of nitrogens with one attached hydrogen (secondary N) is 1. The zero-order chi connectivity index (χ0) is 20.8. The van der Waals surface area contributed by atoms with Crippen molar-refractivity contribution in [2.45, 2.75) is 32.9 Å². The first-order valence-corrected chi connectivity index (χ1v) is 9.43. The summed E-state index contributed by atoms with van der Waals surface area (Å²) in [4.78, 5) is 40.8. The van der Waals surface area contributed by atoms with Crippen LogP contribution < -0.4 is 10.9 Å². The highest BCUT2D eigenvalue weighted by atomic mass is 16.5. The van der Waals surface area contributed by atoms with Gasteiger partial charge in [-0.05, 0) is 31.0 Å². The minimum absolute atomic E-state index is 0.158. The number of amides is 1. The molecule has 0 aliphatic carbocycles. The third kappa shape index (κ3) is 5.07. The van der Waals surface area contributed by atoms with Crippen LogP contribution in [-0.2, 0) is 20.9 Å². The lowest BCUT2D eigenvalue weighted by atomic mass is 10.0. The predicted octanol–water partition coefficient (Wildman–Crippen LogP) is 2.52. The average Bonchev–Trinajstić information content (AvgIpc) is 2.73. The summed E-state index contributed by atoms with van der Waals surface area (Å²) in [5.41, 5.74) is 2.36. The lowest BCUT2D eigenvalue weighted by Crippen LogP contribution is -2.33. The number of fused-ring (bicyclic) bond motifs is 1. The number of esters is 1. The van der Waals surface area contributed by atoms with Gasteiger partial charge >= 0.3 is 5.97 Å². The molecule has 7 nitrogen and oxygen atoms in total. The lowest BCUT2D eigenvalue weighted by molar-refractivity contribution is -0.149. The van der Waals surface area contributed by atoms with E-state index < -0.39 is 18.5 Å². The van der Waals surface area contributed by atoms with Crippen LogP contribution >= 0.6 is 0 Å². The van der Waals surface area contributed by atoms with Gasteiger partial charge in [-0.25, -0.2) is 4.98 Å². The van der Waals surface area contributed by atoms with E-state index in [9.17, 15) is 14.4 Å². The standard InChI is InChI=1S/C22H23N3O4/c1-3-18(16-10-8-15(2)9-11-16)24-20(26)13-29-21(27)12-25-14-23-19-7-5-4-6-17(19)22(25)28/h4-11,14,18H,3,12-13H2,1-2H3,(H,24,26)/t18-/m0/s1. The van der Waals surface area contributed by atoms with Crippen LogP contribution in [0.4, 0.5) is 0 Å². The fourth-order valence-corrected chi connectivity index (χ4v) is 3.01. The molecular weight excluding hydrogens is 370 g/mol. The van der Waals surface area contributed by atoms with Crippen LogP contribution in [0.25, 0.3) is 10.9 Å². The quantitative estimate of drug-likeness (QED) is 0.623. The lowest BCUT2D eigenvalue weighted by Gasteiger charge is -2.17. The van der Waals surface area contributed by atoms with Crippen molar-refractivity contribution >= 4 is 22.8 Å². The van der Waals surface area contributed by atoms with E-state index in [4.69, 9.17) is 4.74 Å². The molecule has 0 saturated heterocycles. The Morgan fingerprint density at radius 2 is 1.86 bits per heavy atom. The zero-order valence-corrected chi connectivity index (χ0v) is 16.4. The number of aromatic nitrogens is 2. The molecule has 29 heavy (non-hydrogen) atoms. The summed E-state index contributed by atoms with van der Waals surface area (Å²) < 4.78 is 6.21. The Bertz CT molecular complexity index is 1070. The van der Waals surface area contributed by atoms with Gasteiger partial charge in [-0.1, -0.05) is 48.9 Å². The predicted molar refractivity (Wildman–Crippen MR) is 109 cm³/mol. The third-order valence-corrected chi connectivity index (χ3v) is 4.62. The van der Waals surface area contributed by atoms with E-state index in [1.165, 1.54) is 10.9 Å². The zero-order valence-electron chi connectivity index (χ0n) is 16.4. The van der Waals surface area contributed by atoms with Gasteiger partial charge in [-0.2, -0.15) is 0 Å². The molecular formula is C22H23N3O4. The van der Waals surface area contributed by atoms with Crippen molar-refractivity contribution in [2.75, 3.05) is 6.61 Å². The molecule has 150 valence electrons. The Kier molecular flexibility index (Phi) is 6.39. The number of ether oxygens (including phenoxy) is 1. The SMILES string of the molecule is CC[C@H](NC(=O)COC(=O)Cn1cnc2ccccc2c1=O)c1ccc(C)cc1. The van der Waals surface area contributed by atoms with Crippen LogP contribution in [-0.4, -0.2) is 28.0 Å². The minimum atomic E-state index is -0.678. The van der Waals surface area contributed by atoms with Crippen LogP contribution in [0.5, 0.6) is 0 Å². The first kappa shape index (κ1) is 20.3. The van der Waals surface area contributed by atoms with Gasteiger partial charge in [0.05, 0.1) is 23.3 Å². The second kappa shape index (κ2) is 9.14. The monoisotopic (exact) mass is 393 g/mol. The molecule has 0 spiro atoms. The maximum absolute atomic E-state index is 12.4. The molecule has 1 heterocycles. The number of aryl methyl sites for hydroxylation is 1.